The van der Waals surface area contributed by atoms with Gasteiger partial charge in [0.1, 0.15) is 0 Å². The Bertz CT molecular complexity index is 3240. The molecule has 109 heavy (non-hydrogen) atoms. The van der Waals surface area contributed by atoms with Crippen LogP contribution in [0.5, 0.6) is 0 Å². The fourth-order valence-electron chi connectivity index (χ4n) is 12.1. The van der Waals surface area contributed by atoms with Crippen molar-refractivity contribution in [1.82, 2.24) is 9.80 Å². The number of hydrogen-bond acceptors (Lipinski definition) is 14. The van der Waals surface area contributed by atoms with Crippen molar-refractivity contribution >= 4 is 57.3 Å². The summed E-state index contributed by atoms with van der Waals surface area (Å²) in [5.74, 6) is 0. The van der Waals surface area contributed by atoms with Gasteiger partial charge < -0.3 is 61.6 Å². The molecule has 0 saturated heterocycles. The molecule has 0 aliphatic heterocycles. The molecule has 0 amide bonds. The van der Waals surface area contributed by atoms with E-state index in [0.717, 1.165) is 97.1 Å². The maximum Gasteiger partial charge on any atom is 3.00 e. The topological polar surface area (TPSA) is 164 Å². The third-order valence-corrected chi connectivity index (χ3v) is 19.0. The van der Waals surface area contributed by atoms with E-state index in [9.17, 15) is 31.2 Å². The van der Waals surface area contributed by atoms with Crippen LogP contribution in [0.2, 0.25) is 0 Å². The van der Waals surface area contributed by atoms with E-state index in [1.54, 1.807) is 0 Å². The van der Waals surface area contributed by atoms with Gasteiger partial charge in [0, 0.05) is 107 Å². The number of alkyl halides is 2. The number of halogens is 2. The van der Waals surface area contributed by atoms with Gasteiger partial charge in [-0.2, -0.15) is 0 Å². The fraction of sp³-hybridized carbons (Fsp3) is 0.604. The molecule has 0 aliphatic carbocycles. The molecule has 0 fully saturated rings. The molecule has 18 heteroatoms. The second-order valence-corrected chi connectivity index (χ2v) is 42.6. The van der Waals surface area contributed by atoms with Crippen molar-refractivity contribution in [3.05, 3.63) is 207 Å². The summed E-state index contributed by atoms with van der Waals surface area (Å²) in [4.78, 5) is 4.54. The molecule has 6 aromatic carbocycles. The van der Waals surface area contributed by atoms with Crippen molar-refractivity contribution in [2.45, 2.75) is 354 Å². The van der Waals surface area contributed by atoms with Gasteiger partial charge in [-0.1, -0.05) is 197 Å². The summed E-state index contributed by atoms with van der Waals surface area (Å²) in [6.07, 6.45) is 0. The van der Waals surface area contributed by atoms with Gasteiger partial charge in [0.15, 0.2) is 0 Å². The van der Waals surface area contributed by atoms with Crippen molar-refractivity contribution in [2.24, 2.45) is 0 Å². The molecule has 14 nitrogen and oxygen atoms in total. The third kappa shape index (κ3) is 29.3. The minimum Gasteiger partial charge on any atom is -0.758 e. The Morgan fingerprint density at radius 2 is 0.312 bits per heavy atom. The summed E-state index contributed by atoms with van der Waals surface area (Å²) in [6, 6.07) is 37.5. The zero-order chi connectivity index (χ0) is 82.7. The van der Waals surface area contributed by atoms with Gasteiger partial charge in [0.25, 0.3) is 0 Å². The molecule has 0 aliphatic rings. The SMILES string of the molecule is CC(C)(C)c1ccc(CN(Cc2ccc(C(C)(C)C)cc2N([O-])C(C)(C)C)Cc2ccc(C(C)(C)C)cc2N([O-])C(C)(C)C)c(N([O-])C(C)(C)C)c1.CC(C)(C)c1ccc(CN(Cc2ccc(C(C)(C)C)cc2N([O-])C(C)(C)C)Cc2ccc(C(C)(C)C)cc2N([O-])C(C)(C)C)c(N([O-])C(C)(C)C)c1.ClCCl.[Nd+3].[Nd+3]. The van der Waals surface area contributed by atoms with E-state index in [0.29, 0.717) is 73.4 Å². The van der Waals surface area contributed by atoms with Crippen molar-refractivity contribution in [3.8, 4) is 0 Å². The third-order valence-electron chi connectivity index (χ3n) is 19.0. The molecular weight excluding hydrogens is 1660 g/mol. The molecule has 0 unspecified atom stereocenters. The van der Waals surface area contributed by atoms with E-state index < -0.39 is 33.2 Å². The van der Waals surface area contributed by atoms with Crippen LogP contribution in [-0.4, -0.2) is 48.4 Å². The van der Waals surface area contributed by atoms with E-state index in [2.05, 4.69) is 207 Å². The van der Waals surface area contributed by atoms with E-state index >= 15 is 0 Å². The quantitative estimate of drug-likeness (QED) is 0.0589. The van der Waals surface area contributed by atoms with Crippen LogP contribution in [0.25, 0.3) is 0 Å². The molecule has 0 aromatic heterocycles. The molecule has 6 aromatic rings. The summed E-state index contributed by atoms with van der Waals surface area (Å²) in [6.45, 7) is 76.2. The fourth-order valence-corrected chi connectivity index (χ4v) is 12.1. The summed E-state index contributed by atoms with van der Waals surface area (Å²) in [5, 5.41) is 91.2. The number of hydroxylamine groups is 6. The van der Waals surface area contributed by atoms with Crippen LogP contribution in [-0.2, 0) is 71.8 Å². The molecule has 2 radical (unpaired) electrons. The predicted octanol–water partition coefficient (Wildman–Crippen LogP) is 25.6. The minimum absolute atomic E-state index is 0. The molecular formula is C91H140Cl2N8Nd2O6. The first kappa shape index (κ1) is 102. The van der Waals surface area contributed by atoms with Gasteiger partial charge in [-0.05, 0) is 260 Å². The predicted molar refractivity (Wildman–Crippen MR) is 467 cm³/mol. The molecule has 0 saturated carbocycles. The van der Waals surface area contributed by atoms with Gasteiger partial charge in [-0.25, -0.2) is 0 Å². The Morgan fingerprint density at radius 3 is 0.394 bits per heavy atom. The maximum atomic E-state index is 14.0. The molecule has 0 bridgehead atoms. The standard InChI is InChI=1S/2C45H69N4O3.CH2Cl2.2Nd/c2*1-40(2,3)34-22-19-31(37(25-34)47(50)43(10,11)12)28-46(29-32-20-23-35(41(4,5)6)26-38(32)48(51)44(13,14)15)30-33-21-24-36(42(7,8)9)27-39(33)49(52)45(16,17)18;2-1-3;;/h2*19-27H,28-30H2,1-18H3;1H2;;/q2*-3;;2*+3. The summed E-state index contributed by atoms with van der Waals surface area (Å²) < 4.78 is 0. The van der Waals surface area contributed by atoms with Crippen LogP contribution in [0, 0.1) is 113 Å². The van der Waals surface area contributed by atoms with Gasteiger partial charge >= 0.3 is 81.7 Å². The first-order valence-electron chi connectivity index (χ1n) is 38.3. The van der Waals surface area contributed by atoms with Crippen LogP contribution in [0.4, 0.5) is 34.1 Å². The van der Waals surface area contributed by atoms with E-state index in [1.165, 1.54) is 0 Å². The maximum absolute atomic E-state index is 14.0. The van der Waals surface area contributed by atoms with Gasteiger partial charge in [0.05, 0.1) is 5.34 Å². The second-order valence-electron chi connectivity index (χ2n) is 41.7. The van der Waals surface area contributed by atoms with Gasteiger partial charge in [-0.3, -0.25) is 9.80 Å². The van der Waals surface area contributed by atoms with Crippen molar-refractivity contribution in [2.75, 3.05) is 35.7 Å². The average molecular weight is 1800 g/mol. The first-order chi connectivity index (χ1) is 48.0. The van der Waals surface area contributed by atoms with Crippen molar-refractivity contribution in [3.63, 3.8) is 0 Å². The monoisotopic (exact) mass is 1790 g/mol. The second kappa shape index (κ2) is 38.4. The smallest absolute Gasteiger partial charge is 0.758 e. The number of anilines is 6. The summed E-state index contributed by atoms with van der Waals surface area (Å²) >= 11 is 9.53. The Labute approximate surface area is 738 Å². The molecule has 0 N–H and O–H groups in total. The minimum atomic E-state index is -0.659. The normalized spacial score (nSPS) is 13.0. The summed E-state index contributed by atoms with van der Waals surface area (Å²) in [7, 11) is 0. The van der Waals surface area contributed by atoms with Crippen LogP contribution in [0.1, 0.15) is 316 Å². The molecule has 0 heterocycles. The van der Waals surface area contributed by atoms with E-state index in [1.807, 2.05) is 161 Å². The average Bonchev–Trinajstić information content (AvgIpc) is 0.789. The first-order valence-corrected chi connectivity index (χ1v) is 39.3. The van der Waals surface area contributed by atoms with Crippen LogP contribution in [0.3, 0.4) is 0 Å². The van der Waals surface area contributed by atoms with Gasteiger partial charge in [-0.15, -0.1) is 23.2 Å². The Kier molecular flexibility index (Phi) is 36.0. The largest absolute Gasteiger partial charge is 3.00 e. The van der Waals surface area contributed by atoms with Crippen LogP contribution >= 0.6 is 23.2 Å². The number of hydrogen-bond donors (Lipinski definition) is 0. The molecule has 0 spiro atoms. The number of benzene rings is 6. The molecule has 6 rings (SSSR count). The number of rotatable bonds is 18. The Balaban J connectivity index is 0.000000702. The van der Waals surface area contributed by atoms with E-state index in [4.69, 9.17) is 23.2 Å². The van der Waals surface area contributed by atoms with Crippen LogP contribution < -0.4 is 30.4 Å². The van der Waals surface area contributed by atoms with Crippen molar-refractivity contribution in [1.29, 1.82) is 0 Å². The zero-order valence-electron chi connectivity index (χ0n) is 74.1. The number of nitrogens with zero attached hydrogens (tertiary/aromatic N) is 8. The molecule has 602 valence electrons. The van der Waals surface area contributed by atoms with Gasteiger partial charge in [0.2, 0.25) is 0 Å². The van der Waals surface area contributed by atoms with E-state index in [-0.39, 0.29) is 120 Å². The molecule has 0 atom stereocenters. The zero-order valence-corrected chi connectivity index (χ0v) is 82.1. The summed E-state index contributed by atoms with van der Waals surface area (Å²) in [5.41, 5.74) is 10.9. The van der Waals surface area contributed by atoms with Crippen molar-refractivity contribution < 1.29 is 81.7 Å². The van der Waals surface area contributed by atoms with Crippen LogP contribution in [0.15, 0.2) is 109 Å². The Hall–Kier alpha value is -2.92. The Morgan fingerprint density at radius 1 is 0.211 bits per heavy atom.